The van der Waals surface area contributed by atoms with E-state index < -0.39 is 8.07 Å². The van der Waals surface area contributed by atoms with Crippen LogP contribution < -0.4 is 0 Å². The van der Waals surface area contributed by atoms with Gasteiger partial charge in [0.05, 0.1) is 8.07 Å². The lowest BCUT2D eigenvalue weighted by Gasteiger charge is -2.31. The number of hydrogen-bond acceptors (Lipinski definition) is 0. The number of rotatable bonds is 4. The Bertz CT molecular complexity index is 921. The molecule has 0 aromatic heterocycles. The molecule has 0 heterocycles. The SMILES string of the molecule is CC[Si](CC)(CC)C1=Cc2cccc3cc4ccccc4c1c23. The van der Waals surface area contributed by atoms with E-state index in [1.54, 1.807) is 10.8 Å². The molecule has 0 unspecified atom stereocenters. The van der Waals surface area contributed by atoms with E-state index in [-0.39, 0.29) is 0 Å². The fourth-order valence-electron chi connectivity index (χ4n) is 4.52. The summed E-state index contributed by atoms with van der Waals surface area (Å²) < 4.78 is 0. The third-order valence-corrected chi connectivity index (χ3v) is 11.7. The van der Waals surface area contributed by atoms with Gasteiger partial charge in [0.1, 0.15) is 0 Å². The van der Waals surface area contributed by atoms with Gasteiger partial charge in [0, 0.05) is 0 Å². The van der Waals surface area contributed by atoms with Gasteiger partial charge in [0.25, 0.3) is 0 Å². The molecule has 116 valence electrons. The predicted molar refractivity (Wildman–Crippen MR) is 107 cm³/mol. The van der Waals surface area contributed by atoms with Gasteiger partial charge in [0.15, 0.2) is 0 Å². The summed E-state index contributed by atoms with van der Waals surface area (Å²) in [6, 6.07) is 22.1. The smallest absolute Gasteiger partial charge is 0.0675 e. The van der Waals surface area contributed by atoms with Crippen molar-refractivity contribution in [1.82, 2.24) is 0 Å². The fourth-order valence-corrected chi connectivity index (χ4v) is 8.41. The van der Waals surface area contributed by atoms with Gasteiger partial charge in [-0.3, -0.25) is 0 Å². The van der Waals surface area contributed by atoms with Crippen LogP contribution in [0.25, 0.3) is 32.8 Å². The van der Waals surface area contributed by atoms with Crippen LogP contribution >= 0.6 is 0 Å². The maximum absolute atomic E-state index is 2.53. The zero-order chi connectivity index (χ0) is 16.0. The van der Waals surface area contributed by atoms with Crippen molar-refractivity contribution >= 4 is 40.9 Å². The van der Waals surface area contributed by atoms with Crippen LogP contribution in [-0.2, 0) is 0 Å². The molecule has 0 saturated heterocycles. The van der Waals surface area contributed by atoms with E-state index in [1.165, 1.54) is 45.2 Å². The fraction of sp³-hybridized carbons (Fsp3) is 0.273. The summed E-state index contributed by atoms with van der Waals surface area (Å²) in [7, 11) is -1.41. The largest absolute Gasteiger partial charge is 0.0867 e. The summed E-state index contributed by atoms with van der Waals surface area (Å²) in [6.07, 6.45) is 2.53. The second kappa shape index (κ2) is 5.35. The standard InChI is InChI=1S/C22H24Si/c1-4-23(5-2,6-3)20-15-18-12-9-11-17-14-16-10-7-8-13-19(16)22(20)21(17)18/h7-15H,4-6H2,1-3H3. The highest BCUT2D eigenvalue weighted by Gasteiger charge is 2.36. The van der Waals surface area contributed by atoms with Gasteiger partial charge >= 0.3 is 0 Å². The highest BCUT2D eigenvalue weighted by atomic mass is 28.3. The van der Waals surface area contributed by atoms with Crippen molar-refractivity contribution in [3.05, 3.63) is 59.7 Å². The Morgan fingerprint density at radius 3 is 2.22 bits per heavy atom. The number of hydrogen-bond donors (Lipinski definition) is 0. The van der Waals surface area contributed by atoms with Crippen LogP contribution in [-0.4, -0.2) is 8.07 Å². The Morgan fingerprint density at radius 2 is 1.48 bits per heavy atom. The minimum atomic E-state index is -1.41. The molecule has 0 fully saturated rings. The second-order valence-electron chi connectivity index (χ2n) is 6.82. The van der Waals surface area contributed by atoms with E-state index >= 15 is 0 Å². The lowest BCUT2D eigenvalue weighted by Crippen LogP contribution is -2.33. The molecule has 3 aromatic carbocycles. The second-order valence-corrected chi connectivity index (χ2v) is 12.0. The van der Waals surface area contributed by atoms with Crippen LogP contribution in [0.2, 0.25) is 18.1 Å². The number of benzene rings is 3. The highest BCUT2D eigenvalue weighted by molar-refractivity contribution is 6.98. The predicted octanol–water partition coefficient (Wildman–Crippen LogP) is 6.89. The van der Waals surface area contributed by atoms with Gasteiger partial charge in [-0.25, -0.2) is 0 Å². The first-order valence-corrected chi connectivity index (χ1v) is 11.5. The van der Waals surface area contributed by atoms with Gasteiger partial charge in [-0.05, 0) is 38.7 Å². The van der Waals surface area contributed by atoms with E-state index in [0.717, 1.165) is 0 Å². The van der Waals surface area contributed by atoms with Gasteiger partial charge in [-0.15, -0.1) is 0 Å². The summed E-state index contributed by atoms with van der Waals surface area (Å²) in [6.45, 7) is 7.22. The van der Waals surface area contributed by atoms with Crippen molar-refractivity contribution in [2.24, 2.45) is 0 Å². The van der Waals surface area contributed by atoms with Crippen LogP contribution in [0, 0.1) is 0 Å². The molecule has 4 rings (SSSR count). The van der Waals surface area contributed by atoms with Crippen molar-refractivity contribution < 1.29 is 0 Å². The maximum Gasteiger partial charge on any atom is 0.0867 e. The topological polar surface area (TPSA) is 0 Å². The Labute approximate surface area is 139 Å². The monoisotopic (exact) mass is 316 g/mol. The molecule has 23 heavy (non-hydrogen) atoms. The molecule has 0 radical (unpaired) electrons. The Hall–Kier alpha value is -1.86. The number of fused-ring (bicyclic) bond motifs is 2. The third kappa shape index (κ3) is 1.96. The lowest BCUT2D eigenvalue weighted by atomic mass is 9.97. The van der Waals surface area contributed by atoms with Crippen LogP contribution in [0.5, 0.6) is 0 Å². The zero-order valence-corrected chi connectivity index (χ0v) is 15.3. The lowest BCUT2D eigenvalue weighted by molar-refractivity contribution is 1.20. The minimum Gasteiger partial charge on any atom is -0.0675 e. The average molecular weight is 317 g/mol. The molecule has 0 bridgehead atoms. The minimum absolute atomic E-state index is 1.34. The Morgan fingerprint density at radius 1 is 0.783 bits per heavy atom. The molecular formula is C22H24Si. The van der Waals surface area contributed by atoms with Crippen LogP contribution in [0.1, 0.15) is 31.9 Å². The molecule has 1 aliphatic carbocycles. The zero-order valence-electron chi connectivity index (χ0n) is 14.3. The van der Waals surface area contributed by atoms with E-state index in [9.17, 15) is 0 Å². The van der Waals surface area contributed by atoms with Crippen molar-refractivity contribution in [1.29, 1.82) is 0 Å². The quantitative estimate of drug-likeness (QED) is 0.363. The molecule has 1 heteroatoms. The van der Waals surface area contributed by atoms with Gasteiger partial charge in [-0.2, -0.15) is 0 Å². The molecule has 1 aliphatic rings. The maximum atomic E-state index is 2.53. The molecule has 3 aromatic rings. The molecule has 0 spiro atoms. The van der Waals surface area contributed by atoms with E-state index in [2.05, 4.69) is 75.4 Å². The third-order valence-electron chi connectivity index (χ3n) is 6.09. The van der Waals surface area contributed by atoms with Gasteiger partial charge in [-0.1, -0.05) is 92.6 Å². The molecule has 0 N–H and O–H groups in total. The molecule has 0 saturated carbocycles. The van der Waals surface area contributed by atoms with Gasteiger partial charge in [0.2, 0.25) is 0 Å². The van der Waals surface area contributed by atoms with E-state index in [0.29, 0.717) is 0 Å². The van der Waals surface area contributed by atoms with Crippen molar-refractivity contribution in [2.75, 3.05) is 0 Å². The molecule has 0 amide bonds. The van der Waals surface area contributed by atoms with E-state index in [4.69, 9.17) is 0 Å². The first-order valence-electron chi connectivity index (χ1n) is 8.91. The molecule has 0 nitrogen and oxygen atoms in total. The Balaban J connectivity index is 2.14. The van der Waals surface area contributed by atoms with Crippen molar-refractivity contribution in [3.8, 4) is 0 Å². The molecular weight excluding hydrogens is 292 g/mol. The van der Waals surface area contributed by atoms with Crippen LogP contribution in [0.4, 0.5) is 0 Å². The first kappa shape index (κ1) is 14.7. The van der Waals surface area contributed by atoms with Crippen LogP contribution in [0.15, 0.2) is 48.5 Å². The molecule has 0 atom stereocenters. The average Bonchev–Trinajstić information content (AvgIpc) is 2.99. The summed E-state index contributed by atoms with van der Waals surface area (Å²) in [5.41, 5.74) is 3.00. The highest BCUT2D eigenvalue weighted by Crippen LogP contribution is 2.47. The van der Waals surface area contributed by atoms with E-state index in [1.807, 2.05) is 0 Å². The Kier molecular flexibility index (Phi) is 3.42. The van der Waals surface area contributed by atoms with Gasteiger partial charge < -0.3 is 0 Å². The summed E-state index contributed by atoms with van der Waals surface area (Å²) >= 11 is 0. The molecule has 0 aliphatic heterocycles. The van der Waals surface area contributed by atoms with Crippen molar-refractivity contribution in [3.63, 3.8) is 0 Å². The summed E-state index contributed by atoms with van der Waals surface area (Å²) in [5, 5.41) is 7.42. The summed E-state index contributed by atoms with van der Waals surface area (Å²) in [4.78, 5) is 0. The van der Waals surface area contributed by atoms with Crippen molar-refractivity contribution in [2.45, 2.75) is 38.9 Å². The summed E-state index contributed by atoms with van der Waals surface area (Å²) in [5.74, 6) is 0. The van der Waals surface area contributed by atoms with Crippen LogP contribution in [0.3, 0.4) is 0 Å². The first-order chi connectivity index (χ1) is 11.2. The normalized spacial score (nSPS) is 13.8.